The van der Waals surface area contributed by atoms with Crippen LogP contribution < -0.4 is 0 Å². The molecule has 0 N–H and O–H groups in total. The topological polar surface area (TPSA) is 72.4 Å². The monoisotopic (exact) mass is 369 g/mol. The Morgan fingerprint density at radius 3 is 2.62 bits per heavy atom. The number of likely N-dealkylation sites (tertiary alicyclic amines) is 1. The highest BCUT2D eigenvalue weighted by molar-refractivity contribution is 8.00. The molecule has 4 rings (SSSR count). The van der Waals surface area contributed by atoms with Gasteiger partial charge in [-0.2, -0.15) is 0 Å². The Labute approximate surface area is 155 Å². The van der Waals surface area contributed by atoms with E-state index in [1.165, 1.54) is 11.8 Å². The van der Waals surface area contributed by atoms with Crippen LogP contribution in [0.2, 0.25) is 0 Å². The van der Waals surface area contributed by atoms with Gasteiger partial charge < -0.3 is 13.7 Å². The predicted octanol–water partition coefficient (Wildman–Crippen LogP) is 4.09. The quantitative estimate of drug-likeness (QED) is 0.631. The van der Waals surface area contributed by atoms with Crippen LogP contribution in [0.3, 0.4) is 0 Å². The van der Waals surface area contributed by atoms with E-state index in [0.717, 1.165) is 42.8 Å². The summed E-state index contributed by atoms with van der Waals surface area (Å²) in [4.78, 5) is 15.0. The molecule has 1 fully saturated rings. The van der Waals surface area contributed by atoms with Gasteiger partial charge in [-0.3, -0.25) is 4.79 Å². The second-order valence-corrected chi connectivity index (χ2v) is 7.26. The van der Waals surface area contributed by atoms with Crippen LogP contribution in [0.15, 0.2) is 56.7 Å². The van der Waals surface area contributed by atoms with Crippen LogP contribution in [0, 0.1) is 6.92 Å². The first kappa shape index (κ1) is 16.9. The molecule has 3 aromatic rings. The summed E-state index contributed by atoms with van der Waals surface area (Å²) < 4.78 is 11.1. The van der Waals surface area contributed by atoms with Crippen molar-refractivity contribution in [2.75, 3.05) is 13.1 Å². The minimum Gasteiger partial charge on any atom is -0.469 e. The number of amides is 1. The number of rotatable bonds is 5. The molecule has 0 saturated carbocycles. The second-order valence-electron chi connectivity index (χ2n) is 6.20. The molecule has 1 atom stereocenters. The molecule has 6 nitrogen and oxygen atoms in total. The fourth-order valence-corrected chi connectivity index (χ4v) is 4.03. The second kappa shape index (κ2) is 7.37. The number of carbonyl (C=O) groups excluding carboxylic acids is 1. The number of aromatic nitrogens is 2. The summed E-state index contributed by atoms with van der Waals surface area (Å²) in [6, 6.07) is 11.5. The van der Waals surface area contributed by atoms with Crippen LogP contribution in [0.4, 0.5) is 0 Å². The Balaban J connectivity index is 1.60. The van der Waals surface area contributed by atoms with Crippen molar-refractivity contribution in [1.82, 2.24) is 15.1 Å². The summed E-state index contributed by atoms with van der Waals surface area (Å²) in [5.74, 6) is 1.22. The van der Waals surface area contributed by atoms with E-state index in [-0.39, 0.29) is 5.91 Å². The molecule has 1 aliphatic heterocycles. The summed E-state index contributed by atoms with van der Waals surface area (Å²) in [6.07, 6.45) is 3.70. The van der Waals surface area contributed by atoms with Crippen LogP contribution in [-0.4, -0.2) is 34.1 Å². The van der Waals surface area contributed by atoms with E-state index in [2.05, 4.69) is 10.2 Å². The van der Waals surface area contributed by atoms with E-state index in [1.54, 1.807) is 12.3 Å². The van der Waals surface area contributed by atoms with Gasteiger partial charge >= 0.3 is 0 Å². The number of aryl methyl sites for hydroxylation is 1. The van der Waals surface area contributed by atoms with Crippen LogP contribution in [0.25, 0.3) is 11.5 Å². The molecule has 1 amide bonds. The van der Waals surface area contributed by atoms with E-state index in [0.29, 0.717) is 11.1 Å². The molecule has 1 aromatic carbocycles. The van der Waals surface area contributed by atoms with Gasteiger partial charge in [-0.1, -0.05) is 30.3 Å². The molecule has 0 bridgehead atoms. The molecule has 26 heavy (non-hydrogen) atoms. The van der Waals surface area contributed by atoms with Gasteiger partial charge in [-0.15, -0.1) is 10.2 Å². The molecule has 7 heteroatoms. The Morgan fingerprint density at radius 2 is 1.92 bits per heavy atom. The van der Waals surface area contributed by atoms with Gasteiger partial charge in [0.05, 0.1) is 11.8 Å². The molecule has 0 unspecified atom stereocenters. The Morgan fingerprint density at radius 1 is 1.15 bits per heavy atom. The number of hydrogen-bond acceptors (Lipinski definition) is 6. The fraction of sp³-hybridized carbons (Fsp3) is 0.316. The number of thioether (sulfide) groups is 1. The third kappa shape index (κ3) is 3.39. The van der Waals surface area contributed by atoms with Gasteiger partial charge in [0.2, 0.25) is 5.91 Å². The lowest BCUT2D eigenvalue weighted by molar-refractivity contribution is -0.129. The van der Waals surface area contributed by atoms with Crippen molar-refractivity contribution in [3.8, 4) is 11.5 Å². The summed E-state index contributed by atoms with van der Waals surface area (Å²) in [5, 5.41) is 8.20. The standard InChI is InChI=1S/C19H19N3O3S/c1-13-15(9-12-24-13)17-20-21-19(25-17)26-16(14-7-3-2-4-8-14)18(23)22-10-5-6-11-22/h2-4,7-9,12,16H,5-6,10-11H2,1H3/t16-/m1/s1. The van der Waals surface area contributed by atoms with Crippen LogP contribution >= 0.6 is 11.8 Å². The third-order valence-electron chi connectivity index (χ3n) is 4.46. The van der Waals surface area contributed by atoms with Gasteiger partial charge in [0, 0.05) is 13.1 Å². The van der Waals surface area contributed by atoms with Crippen LogP contribution in [0.1, 0.15) is 29.4 Å². The van der Waals surface area contributed by atoms with Crippen molar-refractivity contribution in [1.29, 1.82) is 0 Å². The minimum absolute atomic E-state index is 0.0953. The third-order valence-corrected chi connectivity index (χ3v) is 5.53. The number of hydrogen-bond donors (Lipinski definition) is 0. The average molecular weight is 369 g/mol. The number of furan rings is 1. The Kier molecular flexibility index (Phi) is 4.79. The molecular formula is C19H19N3O3S. The van der Waals surface area contributed by atoms with Gasteiger partial charge in [0.1, 0.15) is 11.0 Å². The van der Waals surface area contributed by atoms with Crippen molar-refractivity contribution in [3.63, 3.8) is 0 Å². The molecule has 134 valence electrons. The number of nitrogens with zero attached hydrogens (tertiary/aromatic N) is 3. The maximum atomic E-state index is 13.0. The largest absolute Gasteiger partial charge is 0.469 e. The Bertz CT molecular complexity index is 884. The lowest BCUT2D eigenvalue weighted by Gasteiger charge is -2.22. The smallest absolute Gasteiger partial charge is 0.277 e. The van der Waals surface area contributed by atoms with Crippen molar-refractivity contribution in [3.05, 3.63) is 54.0 Å². The van der Waals surface area contributed by atoms with Crippen molar-refractivity contribution in [2.24, 2.45) is 0 Å². The summed E-state index contributed by atoms with van der Waals surface area (Å²) in [6.45, 7) is 3.47. The fourth-order valence-electron chi connectivity index (χ4n) is 3.07. The van der Waals surface area contributed by atoms with E-state index in [4.69, 9.17) is 8.83 Å². The molecule has 3 heterocycles. The number of benzene rings is 1. The SMILES string of the molecule is Cc1occc1-c1nnc(S[C@@H](C(=O)N2CCCC2)c2ccccc2)o1. The predicted molar refractivity (Wildman–Crippen MR) is 97.6 cm³/mol. The van der Waals surface area contributed by atoms with Gasteiger partial charge in [0.15, 0.2) is 0 Å². The van der Waals surface area contributed by atoms with E-state index < -0.39 is 5.25 Å². The van der Waals surface area contributed by atoms with Gasteiger partial charge in [-0.05, 0) is 43.2 Å². The van der Waals surface area contributed by atoms with Crippen LogP contribution in [-0.2, 0) is 4.79 Å². The molecule has 0 spiro atoms. The normalized spacial score (nSPS) is 15.3. The van der Waals surface area contributed by atoms with Gasteiger partial charge in [0.25, 0.3) is 11.1 Å². The number of carbonyl (C=O) groups is 1. The zero-order chi connectivity index (χ0) is 17.9. The van der Waals surface area contributed by atoms with Crippen LogP contribution in [0.5, 0.6) is 0 Å². The average Bonchev–Trinajstić information content (AvgIpc) is 3.41. The van der Waals surface area contributed by atoms with E-state index in [9.17, 15) is 4.79 Å². The zero-order valence-electron chi connectivity index (χ0n) is 14.4. The highest BCUT2D eigenvalue weighted by Gasteiger charge is 2.30. The molecule has 0 aliphatic carbocycles. The summed E-state index contributed by atoms with van der Waals surface area (Å²) in [5.41, 5.74) is 1.71. The summed E-state index contributed by atoms with van der Waals surface area (Å²) in [7, 11) is 0. The maximum absolute atomic E-state index is 13.0. The molecule has 1 saturated heterocycles. The Hall–Kier alpha value is -2.54. The van der Waals surface area contributed by atoms with Crippen molar-refractivity contribution in [2.45, 2.75) is 30.2 Å². The summed E-state index contributed by atoms with van der Waals surface area (Å²) >= 11 is 1.30. The van der Waals surface area contributed by atoms with Crippen molar-refractivity contribution >= 4 is 17.7 Å². The first-order valence-electron chi connectivity index (χ1n) is 8.61. The lowest BCUT2D eigenvalue weighted by atomic mass is 10.1. The highest BCUT2D eigenvalue weighted by Crippen LogP contribution is 2.38. The first-order valence-corrected chi connectivity index (χ1v) is 9.48. The first-order chi connectivity index (χ1) is 12.7. The van der Waals surface area contributed by atoms with Crippen molar-refractivity contribution < 1.29 is 13.6 Å². The molecule has 0 radical (unpaired) electrons. The highest BCUT2D eigenvalue weighted by atomic mass is 32.2. The van der Waals surface area contributed by atoms with Gasteiger partial charge in [-0.25, -0.2) is 0 Å². The van der Waals surface area contributed by atoms with E-state index >= 15 is 0 Å². The zero-order valence-corrected chi connectivity index (χ0v) is 15.2. The minimum atomic E-state index is -0.395. The molecular weight excluding hydrogens is 350 g/mol. The maximum Gasteiger partial charge on any atom is 0.277 e. The lowest BCUT2D eigenvalue weighted by Crippen LogP contribution is -2.31. The van der Waals surface area contributed by atoms with E-state index in [1.807, 2.05) is 42.2 Å². The molecule has 2 aromatic heterocycles. The molecule has 1 aliphatic rings.